The van der Waals surface area contributed by atoms with E-state index >= 15 is 0 Å². The number of anilines is 1. The Bertz CT molecular complexity index is 734. The molecule has 0 aliphatic heterocycles. The number of carbonyl (C=O) groups excluding carboxylic acids is 1. The third kappa shape index (κ3) is 5.37. The minimum atomic E-state index is -3.44. The normalized spacial score (nSPS) is 11.0. The number of hydrogen-bond donors (Lipinski definition) is 1. The number of hydrogen-bond acceptors (Lipinski definition) is 4. The van der Waals surface area contributed by atoms with Crippen molar-refractivity contribution in [1.29, 1.82) is 0 Å². The van der Waals surface area contributed by atoms with Crippen LogP contribution in [0.15, 0.2) is 54.9 Å². The van der Waals surface area contributed by atoms with E-state index in [-0.39, 0.29) is 18.9 Å². The lowest BCUT2D eigenvalue weighted by molar-refractivity contribution is -0.121. The Morgan fingerprint density at radius 1 is 1.17 bits per heavy atom. The topological polar surface area (TPSA) is 79.4 Å². The number of amides is 1. The molecule has 0 aliphatic rings. The summed E-state index contributed by atoms with van der Waals surface area (Å²) in [5.41, 5.74) is 1.44. The molecule has 23 heavy (non-hydrogen) atoms. The Labute approximate surface area is 136 Å². The van der Waals surface area contributed by atoms with Gasteiger partial charge in [-0.3, -0.25) is 14.1 Å². The van der Waals surface area contributed by atoms with Gasteiger partial charge >= 0.3 is 0 Å². The third-order valence-electron chi connectivity index (χ3n) is 3.20. The molecule has 2 aromatic rings. The maximum atomic E-state index is 11.9. The average Bonchev–Trinajstić information content (AvgIpc) is 2.54. The van der Waals surface area contributed by atoms with Crippen molar-refractivity contribution >= 4 is 21.6 Å². The number of nitrogens with one attached hydrogen (secondary N) is 1. The second kappa shape index (κ2) is 7.73. The molecule has 1 amide bonds. The fourth-order valence-corrected chi connectivity index (χ4v) is 3.00. The summed E-state index contributed by atoms with van der Waals surface area (Å²) < 4.78 is 25.1. The molecular weight excluding hydrogens is 314 g/mol. The maximum Gasteiger partial charge on any atom is 0.232 e. The molecule has 6 nitrogen and oxygen atoms in total. The Morgan fingerprint density at radius 3 is 2.52 bits per heavy atom. The Morgan fingerprint density at radius 2 is 1.91 bits per heavy atom. The first-order chi connectivity index (χ1) is 11.0. The highest BCUT2D eigenvalue weighted by Crippen LogP contribution is 2.16. The van der Waals surface area contributed by atoms with Crippen LogP contribution in [0.1, 0.15) is 12.0 Å². The molecular formula is C16H19N3O3S. The van der Waals surface area contributed by atoms with Crippen LogP contribution in [0.4, 0.5) is 5.69 Å². The van der Waals surface area contributed by atoms with Gasteiger partial charge in [0.1, 0.15) is 0 Å². The van der Waals surface area contributed by atoms with E-state index in [0.717, 1.165) is 11.8 Å². The van der Waals surface area contributed by atoms with E-state index in [1.54, 1.807) is 42.7 Å². The van der Waals surface area contributed by atoms with E-state index in [2.05, 4.69) is 10.3 Å². The zero-order valence-corrected chi connectivity index (χ0v) is 13.7. The van der Waals surface area contributed by atoms with Crippen LogP contribution in [0, 0.1) is 0 Å². The Balaban J connectivity index is 1.92. The Hall–Kier alpha value is -2.41. The molecule has 0 fully saturated rings. The van der Waals surface area contributed by atoms with Gasteiger partial charge in [-0.2, -0.15) is 0 Å². The predicted octanol–water partition coefficient (Wildman–Crippen LogP) is 1.55. The number of benzene rings is 1. The summed E-state index contributed by atoms with van der Waals surface area (Å²) in [6.07, 6.45) is 4.55. The van der Waals surface area contributed by atoms with E-state index in [1.807, 2.05) is 12.1 Å². The Kier molecular flexibility index (Phi) is 5.70. The van der Waals surface area contributed by atoms with Gasteiger partial charge in [0.25, 0.3) is 0 Å². The van der Waals surface area contributed by atoms with Crippen LogP contribution < -0.4 is 9.62 Å². The van der Waals surface area contributed by atoms with Crippen LogP contribution in [-0.4, -0.2) is 32.1 Å². The molecule has 0 bridgehead atoms. The summed E-state index contributed by atoms with van der Waals surface area (Å²) in [5, 5.41) is 2.76. The van der Waals surface area contributed by atoms with E-state index in [0.29, 0.717) is 12.2 Å². The summed E-state index contributed by atoms with van der Waals surface area (Å²) in [6, 6.07) is 12.4. The smallest absolute Gasteiger partial charge is 0.232 e. The maximum absolute atomic E-state index is 11.9. The number of sulfonamides is 1. The lowest BCUT2D eigenvalue weighted by Gasteiger charge is -2.22. The van der Waals surface area contributed by atoms with Gasteiger partial charge in [0, 0.05) is 31.9 Å². The third-order valence-corrected chi connectivity index (χ3v) is 4.39. The number of pyridine rings is 1. The summed E-state index contributed by atoms with van der Waals surface area (Å²) in [5.74, 6) is -0.210. The molecule has 1 heterocycles. The van der Waals surface area contributed by atoms with Crippen LogP contribution in [0.2, 0.25) is 0 Å². The highest BCUT2D eigenvalue weighted by molar-refractivity contribution is 7.92. The minimum absolute atomic E-state index is 0.0855. The molecule has 0 radical (unpaired) electrons. The molecule has 0 aliphatic carbocycles. The molecule has 2 rings (SSSR count). The summed E-state index contributed by atoms with van der Waals surface area (Å²) in [7, 11) is -3.44. The number of nitrogens with zero attached hydrogens (tertiary/aromatic N) is 2. The number of aromatic nitrogens is 1. The van der Waals surface area contributed by atoms with E-state index in [1.165, 1.54) is 4.31 Å². The van der Waals surface area contributed by atoms with E-state index in [4.69, 9.17) is 0 Å². The molecule has 1 N–H and O–H groups in total. The average molecular weight is 333 g/mol. The molecule has 1 aromatic carbocycles. The largest absolute Gasteiger partial charge is 0.352 e. The highest BCUT2D eigenvalue weighted by atomic mass is 32.2. The van der Waals surface area contributed by atoms with Gasteiger partial charge in [-0.1, -0.05) is 24.3 Å². The van der Waals surface area contributed by atoms with Gasteiger partial charge in [0.05, 0.1) is 11.9 Å². The first kappa shape index (κ1) is 17.0. The second-order valence-corrected chi connectivity index (χ2v) is 6.97. The number of para-hydroxylation sites is 1. The van der Waals surface area contributed by atoms with Crippen molar-refractivity contribution in [2.24, 2.45) is 0 Å². The summed E-state index contributed by atoms with van der Waals surface area (Å²) in [4.78, 5) is 15.9. The predicted molar refractivity (Wildman–Crippen MR) is 89.3 cm³/mol. The monoisotopic (exact) mass is 333 g/mol. The molecule has 0 unspecified atom stereocenters. The van der Waals surface area contributed by atoms with Crippen LogP contribution in [-0.2, 0) is 21.4 Å². The van der Waals surface area contributed by atoms with Crippen LogP contribution >= 0.6 is 0 Å². The molecule has 0 saturated carbocycles. The molecule has 0 atom stereocenters. The van der Waals surface area contributed by atoms with Crippen molar-refractivity contribution in [1.82, 2.24) is 10.3 Å². The summed E-state index contributed by atoms with van der Waals surface area (Å²) >= 11 is 0. The second-order valence-electron chi connectivity index (χ2n) is 5.06. The fourth-order valence-electron chi connectivity index (χ4n) is 2.08. The lowest BCUT2D eigenvalue weighted by atomic mass is 10.2. The van der Waals surface area contributed by atoms with Gasteiger partial charge in [0.2, 0.25) is 15.9 Å². The molecule has 122 valence electrons. The van der Waals surface area contributed by atoms with Crippen molar-refractivity contribution in [2.75, 3.05) is 17.1 Å². The zero-order chi connectivity index (χ0) is 16.7. The molecule has 0 spiro atoms. The quantitative estimate of drug-likeness (QED) is 0.834. The van der Waals surface area contributed by atoms with Gasteiger partial charge in [-0.25, -0.2) is 8.42 Å². The first-order valence-electron chi connectivity index (χ1n) is 7.15. The van der Waals surface area contributed by atoms with Crippen molar-refractivity contribution in [3.05, 3.63) is 60.4 Å². The van der Waals surface area contributed by atoms with Crippen molar-refractivity contribution in [2.45, 2.75) is 13.0 Å². The first-order valence-corrected chi connectivity index (χ1v) is 9.00. The lowest BCUT2D eigenvalue weighted by Crippen LogP contribution is -2.34. The fraction of sp³-hybridized carbons (Fsp3) is 0.250. The molecule has 0 saturated heterocycles. The van der Waals surface area contributed by atoms with Gasteiger partial charge < -0.3 is 5.32 Å². The van der Waals surface area contributed by atoms with Crippen LogP contribution in [0.5, 0.6) is 0 Å². The number of carbonyl (C=O) groups is 1. The van der Waals surface area contributed by atoms with Crippen LogP contribution in [0.3, 0.4) is 0 Å². The summed E-state index contributed by atoms with van der Waals surface area (Å²) in [6.45, 7) is 0.471. The SMILES string of the molecule is CS(=O)(=O)N(CCC(=O)NCc1cccnc1)c1ccccc1. The van der Waals surface area contributed by atoms with Gasteiger partial charge in [-0.15, -0.1) is 0 Å². The number of rotatable bonds is 7. The molecule has 7 heteroatoms. The van der Waals surface area contributed by atoms with E-state index in [9.17, 15) is 13.2 Å². The standard InChI is InChI=1S/C16H19N3O3S/c1-23(21,22)19(15-7-3-2-4-8-15)11-9-16(20)18-13-14-6-5-10-17-12-14/h2-8,10,12H,9,11,13H2,1H3,(H,18,20). The van der Waals surface area contributed by atoms with E-state index < -0.39 is 10.0 Å². The van der Waals surface area contributed by atoms with Crippen molar-refractivity contribution in [3.8, 4) is 0 Å². The van der Waals surface area contributed by atoms with Crippen molar-refractivity contribution in [3.63, 3.8) is 0 Å². The van der Waals surface area contributed by atoms with Gasteiger partial charge in [0.15, 0.2) is 0 Å². The van der Waals surface area contributed by atoms with Crippen LogP contribution in [0.25, 0.3) is 0 Å². The zero-order valence-electron chi connectivity index (χ0n) is 12.8. The van der Waals surface area contributed by atoms with Crippen molar-refractivity contribution < 1.29 is 13.2 Å². The molecule has 1 aromatic heterocycles. The minimum Gasteiger partial charge on any atom is -0.352 e. The highest BCUT2D eigenvalue weighted by Gasteiger charge is 2.18. The van der Waals surface area contributed by atoms with Gasteiger partial charge in [-0.05, 0) is 23.8 Å².